The van der Waals surface area contributed by atoms with E-state index in [1.54, 1.807) is 0 Å². The van der Waals surface area contributed by atoms with Crippen LogP contribution in [0.25, 0.3) is 0 Å². The van der Waals surface area contributed by atoms with Crippen LogP contribution in [0.2, 0.25) is 0 Å². The number of aromatic hydroxyl groups is 2. The van der Waals surface area contributed by atoms with E-state index in [1.807, 2.05) is 12.4 Å². The van der Waals surface area contributed by atoms with Crippen LogP contribution in [0, 0.1) is 0 Å². The number of phenolic OH excluding ortho intramolecular Hbond substituents is 2. The van der Waals surface area contributed by atoms with Crippen molar-refractivity contribution in [1.82, 2.24) is 0 Å². The summed E-state index contributed by atoms with van der Waals surface area (Å²) in [6.45, 7) is 26.0. The second-order valence-corrected chi connectivity index (χ2v) is 15.9. The van der Waals surface area contributed by atoms with Crippen LogP contribution in [0.4, 0.5) is 0 Å². The molecule has 2 N–H and O–H groups in total. The minimum Gasteiger partial charge on any atom is -0.507 e. The van der Waals surface area contributed by atoms with Crippen LogP contribution in [-0.2, 0) is 41.1 Å². The number of hydrogen-bond acceptors (Lipinski definition) is 4. The summed E-state index contributed by atoms with van der Waals surface area (Å²) >= 11 is 0. The second-order valence-electron chi connectivity index (χ2n) is 15.9. The molecule has 2 aromatic rings. The Bertz CT molecular complexity index is 1170. The van der Waals surface area contributed by atoms with E-state index in [0.29, 0.717) is 11.5 Å². The van der Waals surface area contributed by atoms with Gasteiger partial charge in [0.1, 0.15) is 11.5 Å². The largest absolute Gasteiger partial charge is 0.507 e. The van der Waals surface area contributed by atoms with Gasteiger partial charge in [-0.1, -0.05) is 108 Å². The summed E-state index contributed by atoms with van der Waals surface area (Å²) in [7, 11) is 0. The number of phenols is 2. The van der Waals surface area contributed by atoms with Gasteiger partial charge in [-0.2, -0.15) is 0 Å². The molecule has 0 saturated heterocycles. The van der Waals surface area contributed by atoms with Crippen molar-refractivity contribution in [3.05, 3.63) is 57.6 Å². The van der Waals surface area contributed by atoms with E-state index in [0.717, 1.165) is 47.9 Å². The maximum atomic E-state index is 11.2. The molecule has 222 valence electrons. The van der Waals surface area contributed by atoms with Crippen molar-refractivity contribution >= 4 is 12.4 Å². The second kappa shape index (κ2) is 12.7. The summed E-state index contributed by atoms with van der Waals surface area (Å²) in [5, 5.41) is 22.5. The van der Waals surface area contributed by atoms with Crippen molar-refractivity contribution in [2.24, 2.45) is 9.98 Å². The van der Waals surface area contributed by atoms with Gasteiger partial charge in [-0.3, -0.25) is 9.98 Å². The Morgan fingerprint density at radius 2 is 0.878 bits per heavy atom. The van der Waals surface area contributed by atoms with E-state index in [9.17, 15) is 10.2 Å². The molecule has 1 fully saturated rings. The first-order valence-electron chi connectivity index (χ1n) is 15.0. The molecule has 1 aliphatic rings. The van der Waals surface area contributed by atoms with Crippen molar-refractivity contribution in [2.75, 3.05) is 0 Å². The molecule has 1 aliphatic carbocycles. The number of rotatable bonds is 4. The molecule has 2 aromatic carbocycles. The molecular formula is C36H54N2O2Zn. The zero-order chi connectivity index (χ0) is 30.3. The summed E-state index contributed by atoms with van der Waals surface area (Å²) in [5.41, 5.74) is 5.39. The first kappa shape index (κ1) is 35.2. The minimum absolute atomic E-state index is 0. The zero-order valence-corrected chi connectivity index (χ0v) is 30.9. The summed E-state index contributed by atoms with van der Waals surface area (Å²) in [5.74, 6) is 0.637. The molecule has 0 bridgehead atoms. The van der Waals surface area contributed by atoms with Crippen LogP contribution in [0.1, 0.15) is 142 Å². The van der Waals surface area contributed by atoms with E-state index in [-0.39, 0.29) is 53.2 Å². The van der Waals surface area contributed by atoms with Gasteiger partial charge in [0.25, 0.3) is 0 Å². The number of hydrogen-bond donors (Lipinski definition) is 2. The fourth-order valence-electron chi connectivity index (χ4n) is 5.31. The molecule has 0 aromatic heterocycles. The monoisotopic (exact) mass is 610 g/mol. The Morgan fingerprint density at radius 1 is 0.561 bits per heavy atom. The number of benzene rings is 2. The van der Waals surface area contributed by atoms with Crippen LogP contribution < -0.4 is 0 Å². The van der Waals surface area contributed by atoms with Crippen LogP contribution in [-0.4, -0.2) is 34.7 Å². The van der Waals surface area contributed by atoms with Gasteiger partial charge in [-0.25, -0.2) is 0 Å². The van der Waals surface area contributed by atoms with Gasteiger partial charge in [0.2, 0.25) is 0 Å². The average molecular weight is 612 g/mol. The van der Waals surface area contributed by atoms with Gasteiger partial charge in [-0.15, -0.1) is 0 Å². The summed E-state index contributed by atoms with van der Waals surface area (Å²) in [6.07, 6.45) is 7.90. The Kier molecular flexibility index (Phi) is 10.9. The van der Waals surface area contributed by atoms with Crippen molar-refractivity contribution in [3.8, 4) is 11.5 Å². The van der Waals surface area contributed by atoms with Gasteiger partial charge >= 0.3 is 0 Å². The molecule has 5 heteroatoms. The Balaban J connectivity index is 0.00000588. The smallest absolute Gasteiger partial charge is 0.128 e. The molecule has 0 aliphatic heterocycles. The molecule has 0 radical (unpaired) electrons. The quantitative estimate of drug-likeness (QED) is 0.267. The van der Waals surface area contributed by atoms with E-state index in [1.165, 1.54) is 11.1 Å². The summed E-state index contributed by atoms with van der Waals surface area (Å²) < 4.78 is 0. The van der Waals surface area contributed by atoms with Gasteiger partial charge in [0.15, 0.2) is 0 Å². The first-order chi connectivity index (χ1) is 18.2. The third-order valence-electron chi connectivity index (χ3n) is 8.13. The van der Waals surface area contributed by atoms with Crippen LogP contribution in [0.3, 0.4) is 0 Å². The Labute approximate surface area is 263 Å². The molecule has 4 nitrogen and oxygen atoms in total. The summed E-state index contributed by atoms with van der Waals surface area (Å²) in [6, 6.07) is 8.53. The zero-order valence-electron chi connectivity index (χ0n) is 27.9. The van der Waals surface area contributed by atoms with Crippen LogP contribution >= 0.6 is 0 Å². The fraction of sp³-hybridized carbons (Fsp3) is 0.611. The topological polar surface area (TPSA) is 65.2 Å². The molecule has 41 heavy (non-hydrogen) atoms. The molecule has 3 rings (SSSR count). The van der Waals surface area contributed by atoms with Gasteiger partial charge < -0.3 is 10.2 Å². The molecular weight excluding hydrogens is 558 g/mol. The maximum Gasteiger partial charge on any atom is 0.128 e. The van der Waals surface area contributed by atoms with E-state index < -0.39 is 0 Å². The number of nitrogens with zero attached hydrogens (tertiary/aromatic N) is 2. The SMILES string of the molecule is CC(C)(C)c1cc(C=N[C@H]2CCCC[C@H]2N=Cc2cc(C(C)(C)C)cc(C(C)(C)C)c2O)c(O)c(C(C)(C)C)c1.[Zn]. The van der Waals surface area contributed by atoms with Crippen molar-refractivity contribution in [2.45, 2.75) is 143 Å². The van der Waals surface area contributed by atoms with E-state index in [2.05, 4.69) is 107 Å². The predicted octanol–water partition coefficient (Wildman–Crippen LogP) is 9.13. The Hall–Kier alpha value is -2.00. The molecule has 1 saturated carbocycles. The van der Waals surface area contributed by atoms with Crippen molar-refractivity contribution < 1.29 is 29.7 Å². The van der Waals surface area contributed by atoms with Crippen LogP contribution in [0.15, 0.2) is 34.3 Å². The standard InChI is InChI=1S/C36H54N2O2.Zn/c1-33(2,3)25-17-23(31(39)27(19-25)35(7,8)9)21-37-29-15-13-14-16-30(29)38-22-24-18-26(34(4,5)6)20-28(32(24)40)36(10,11)12;/h17-22,29-30,39-40H,13-16H2,1-12H3;/t29-,30+;. The third kappa shape index (κ3) is 8.76. The third-order valence-corrected chi connectivity index (χ3v) is 8.13. The van der Waals surface area contributed by atoms with Gasteiger partial charge in [0.05, 0.1) is 12.1 Å². The van der Waals surface area contributed by atoms with Gasteiger partial charge in [0, 0.05) is 54.2 Å². The van der Waals surface area contributed by atoms with E-state index in [4.69, 9.17) is 9.98 Å². The van der Waals surface area contributed by atoms with Crippen LogP contribution in [0.5, 0.6) is 11.5 Å². The normalized spacial score (nSPS) is 19.1. The molecule has 2 atom stereocenters. The Morgan fingerprint density at radius 3 is 1.15 bits per heavy atom. The van der Waals surface area contributed by atoms with Gasteiger partial charge in [-0.05, 0) is 57.8 Å². The molecule has 0 unspecified atom stereocenters. The van der Waals surface area contributed by atoms with E-state index >= 15 is 0 Å². The van der Waals surface area contributed by atoms with Crippen molar-refractivity contribution in [3.63, 3.8) is 0 Å². The minimum atomic E-state index is -0.179. The first-order valence-corrected chi connectivity index (χ1v) is 15.0. The molecule has 0 heterocycles. The maximum absolute atomic E-state index is 11.2. The fourth-order valence-corrected chi connectivity index (χ4v) is 5.31. The summed E-state index contributed by atoms with van der Waals surface area (Å²) in [4.78, 5) is 10.1. The number of aliphatic imine (C=N–C) groups is 2. The predicted molar refractivity (Wildman–Crippen MR) is 172 cm³/mol. The molecule has 0 amide bonds. The van der Waals surface area contributed by atoms with Crippen molar-refractivity contribution in [1.29, 1.82) is 0 Å². The average Bonchev–Trinajstić information content (AvgIpc) is 2.80. The molecule has 0 spiro atoms.